The maximum Gasteiger partial charge on any atom is 0.0713 e. The van der Waals surface area contributed by atoms with E-state index in [1.54, 1.807) is 0 Å². The van der Waals surface area contributed by atoms with Crippen LogP contribution in [0.3, 0.4) is 0 Å². The summed E-state index contributed by atoms with van der Waals surface area (Å²) in [5, 5.41) is 4.95. The van der Waals surface area contributed by atoms with E-state index in [2.05, 4.69) is 349 Å². The first-order valence-corrected chi connectivity index (χ1v) is 30.1. The van der Waals surface area contributed by atoms with E-state index in [1.807, 2.05) is 0 Å². The summed E-state index contributed by atoms with van der Waals surface area (Å²) in [5.41, 5.74) is 28.6. The summed E-state index contributed by atoms with van der Waals surface area (Å²) in [5.74, 6) is 0. The third-order valence-electron chi connectivity index (χ3n) is 18.4. The fourth-order valence-corrected chi connectivity index (χ4v) is 14.3. The summed E-state index contributed by atoms with van der Waals surface area (Å²) in [4.78, 5) is 0. The molecule has 0 saturated heterocycles. The number of fused-ring (bicyclic) bond motifs is 9. The molecule has 0 amide bonds. The number of hydrogen-bond donors (Lipinski definition) is 0. The first-order valence-electron chi connectivity index (χ1n) is 30.1. The number of hydrogen-bond acceptors (Lipinski definition) is 0. The van der Waals surface area contributed by atoms with Gasteiger partial charge in [0.2, 0.25) is 0 Å². The minimum atomic E-state index is -0.542. The third kappa shape index (κ3) is 8.25. The Labute approximate surface area is 506 Å². The SMILES string of the molecule is c1ccc(-c2ccc(-c3cccc(C4(c5cccc(-c6ccc(-c7ccc(-n8c9ccccc9c9cc(-c%10ccc%11c(c%10)c%10ccccc%10n%11-c%10cccc(-c%11ccccc%11)c%10)ccc98)cc7)cc6)c5)c5ccccc5-c5ccccc54)c3)cc2)cc1. The molecule has 17 rings (SSSR count). The predicted octanol–water partition coefficient (Wildman–Crippen LogP) is 22.2. The van der Waals surface area contributed by atoms with Crippen molar-refractivity contribution in [1.82, 2.24) is 9.13 Å². The van der Waals surface area contributed by atoms with E-state index in [0.717, 1.165) is 11.4 Å². The molecule has 0 atom stereocenters. The Balaban J connectivity index is 0.686. The van der Waals surface area contributed by atoms with E-state index in [4.69, 9.17) is 0 Å². The van der Waals surface area contributed by atoms with Crippen LogP contribution in [0.4, 0.5) is 0 Å². The highest BCUT2D eigenvalue weighted by Gasteiger charge is 2.46. The number of benzene rings is 14. The lowest BCUT2D eigenvalue weighted by Crippen LogP contribution is -2.28. The van der Waals surface area contributed by atoms with Crippen molar-refractivity contribution in [3.63, 3.8) is 0 Å². The standard InChI is InChI=1S/C85H56N2/c1-3-18-57(19-4-1)59-36-40-62(41-37-59)64-22-15-25-69(52-64)85(79-32-11-7-28-73(79)74-29-8-12-33-80(74)85)70-26-16-23-65(53-70)63-42-38-60(39-43-63)61-44-48-71(49-45-61)86-81-34-13-9-30-75(81)77-55-67(46-50-83(77)86)68-47-51-84-78(56-68)76-31-10-14-35-82(76)87(84)72-27-17-24-66(54-72)58-20-5-2-6-21-58/h1-56H. The van der Waals surface area contributed by atoms with Crippen LogP contribution in [0.1, 0.15) is 22.3 Å². The van der Waals surface area contributed by atoms with Crippen LogP contribution in [-0.4, -0.2) is 9.13 Å². The minimum absolute atomic E-state index is 0.542. The van der Waals surface area contributed by atoms with Crippen LogP contribution < -0.4 is 0 Å². The molecule has 87 heavy (non-hydrogen) atoms. The van der Waals surface area contributed by atoms with Gasteiger partial charge in [-0.3, -0.25) is 0 Å². The highest BCUT2D eigenvalue weighted by Crippen LogP contribution is 2.57. The topological polar surface area (TPSA) is 9.86 Å². The molecule has 0 fully saturated rings. The zero-order chi connectivity index (χ0) is 57.4. The van der Waals surface area contributed by atoms with E-state index < -0.39 is 5.41 Å². The molecule has 0 N–H and O–H groups in total. The number of aromatic nitrogens is 2. The highest BCUT2D eigenvalue weighted by molar-refractivity contribution is 6.13. The first-order chi connectivity index (χ1) is 43.1. The first kappa shape index (κ1) is 50.2. The summed E-state index contributed by atoms with van der Waals surface area (Å²) < 4.78 is 4.83. The van der Waals surface area contributed by atoms with E-state index in [-0.39, 0.29) is 0 Å². The van der Waals surface area contributed by atoms with Gasteiger partial charge in [0.15, 0.2) is 0 Å². The molecule has 1 aliphatic carbocycles. The largest absolute Gasteiger partial charge is 0.309 e. The van der Waals surface area contributed by atoms with Crippen LogP contribution in [0.2, 0.25) is 0 Å². The summed E-state index contributed by atoms with van der Waals surface area (Å²) in [7, 11) is 0. The fraction of sp³-hybridized carbons (Fsp3) is 0.0118. The molecule has 1 aliphatic rings. The molecular formula is C85H56N2. The van der Waals surface area contributed by atoms with Crippen LogP contribution in [0, 0.1) is 0 Å². The predicted molar refractivity (Wildman–Crippen MR) is 365 cm³/mol. The summed E-state index contributed by atoms with van der Waals surface area (Å²) in [6, 6.07) is 126. The Hall–Kier alpha value is -11.3. The van der Waals surface area contributed by atoms with Gasteiger partial charge in [0, 0.05) is 32.9 Å². The smallest absolute Gasteiger partial charge is 0.0713 e. The van der Waals surface area contributed by atoms with Crippen molar-refractivity contribution in [2.75, 3.05) is 0 Å². The van der Waals surface area contributed by atoms with Crippen molar-refractivity contribution in [3.05, 3.63) is 362 Å². The molecule has 2 heteroatoms. The second-order valence-corrected chi connectivity index (χ2v) is 23.2. The zero-order valence-corrected chi connectivity index (χ0v) is 47.7. The van der Waals surface area contributed by atoms with Gasteiger partial charge in [0.25, 0.3) is 0 Å². The average Bonchev–Trinajstić information content (AvgIpc) is 1.70. The van der Waals surface area contributed by atoms with Crippen LogP contribution in [0.15, 0.2) is 340 Å². The molecule has 406 valence electrons. The average molecular weight is 1110 g/mol. The molecule has 2 heterocycles. The van der Waals surface area contributed by atoms with Crippen molar-refractivity contribution in [3.8, 4) is 89.3 Å². The van der Waals surface area contributed by atoms with Crippen molar-refractivity contribution in [2.45, 2.75) is 5.41 Å². The Morgan fingerprint density at radius 2 is 0.506 bits per heavy atom. The molecule has 0 unspecified atom stereocenters. The van der Waals surface area contributed by atoms with Gasteiger partial charge in [-0.2, -0.15) is 0 Å². The van der Waals surface area contributed by atoms with E-state index in [1.165, 1.54) is 144 Å². The van der Waals surface area contributed by atoms with Gasteiger partial charge < -0.3 is 9.13 Å². The monoisotopic (exact) mass is 1100 g/mol. The lowest BCUT2D eigenvalue weighted by atomic mass is 9.67. The second-order valence-electron chi connectivity index (χ2n) is 23.2. The summed E-state index contributed by atoms with van der Waals surface area (Å²) in [6.07, 6.45) is 0. The van der Waals surface area contributed by atoms with E-state index in [0.29, 0.717) is 0 Å². The third-order valence-corrected chi connectivity index (χ3v) is 18.4. The zero-order valence-electron chi connectivity index (χ0n) is 47.7. The molecule has 0 aliphatic heterocycles. The van der Waals surface area contributed by atoms with E-state index >= 15 is 0 Å². The lowest BCUT2D eigenvalue weighted by molar-refractivity contribution is 0.769. The maximum absolute atomic E-state index is 2.43. The Kier molecular flexibility index (Phi) is 11.8. The minimum Gasteiger partial charge on any atom is -0.309 e. The molecule has 0 spiro atoms. The molecule has 0 bridgehead atoms. The fourth-order valence-electron chi connectivity index (χ4n) is 14.3. The number of nitrogens with zero attached hydrogens (tertiary/aromatic N) is 2. The van der Waals surface area contributed by atoms with Crippen molar-refractivity contribution in [1.29, 1.82) is 0 Å². The second kappa shape index (κ2) is 20.5. The lowest BCUT2D eigenvalue weighted by Gasteiger charge is -2.34. The summed E-state index contributed by atoms with van der Waals surface area (Å²) >= 11 is 0. The Morgan fingerprint density at radius 3 is 1.00 bits per heavy atom. The van der Waals surface area contributed by atoms with Gasteiger partial charge in [-0.1, -0.05) is 267 Å². The van der Waals surface area contributed by atoms with Crippen LogP contribution >= 0.6 is 0 Å². The van der Waals surface area contributed by atoms with Crippen molar-refractivity contribution in [2.24, 2.45) is 0 Å². The normalized spacial score (nSPS) is 12.5. The molecule has 0 radical (unpaired) electrons. The van der Waals surface area contributed by atoms with Gasteiger partial charge in [-0.15, -0.1) is 0 Å². The maximum atomic E-state index is 2.43. The van der Waals surface area contributed by atoms with Crippen LogP contribution in [-0.2, 0) is 5.41 Å². The molecule has 2 aromatic heterocycles. The van der Waals surface area contributed by atoms with Crippen molar-refractivity contribution < 1.29 is 0 Å². The van der Waals surface area contributed by atoms with Gasteiger partial charge in [-0.25, -0.2) is 0 Å². The molecule has 0 saturated carbocycles. The Bertz CT molecular complexity index is 5250. The number of rotatable bonds is 10. The van der Waals surface area contributed by atoms with Crippen LogP contribution in [0.25, 0.3) is 133 Å². The Morgan fingerprint density at radius 1 is 0.184 bits per heavy atom. The molecule has 2 nitrogen and oxygen atoms in total. The summed E-state index contributed by atoms with van der Waals surface area (Å²) in [6.45, 7) is 0. The van der Waals surface area contributed by atoms with E-state index in [9.17, 15) is 0 Å². The van der Waals surface area contributed by atoms with Gasteiger partial charge in [-0.05, 0) is 173 Å². The van der Waals surface area contributed by atoms with Crippen LogP contribution in [0.5, 0.6) is 0 Å². The number of para-hydroxylation sites is 2. The van der Waals surface area contributed by atoms with Gasteiger partial charge in [0.1, 0.15) is 0 Å². The van der Waals surface area contributed by atoms with Gasteiger partial charge >= 0.3 is 0 Å². The molecule has 16 aromatic rings. The molecule has 14 aromatic carbocycles. The van der Waals surface area contributed by atoms with Gasteiger partial charge in [0.05, 0.1) is 27.5 Å². The quantitative estimate of drug-likeness (QED) is 0.129. The highest BCUT2D eigenvalue weighted by atomic mass is 15.0. The molecular weight excluding hydrogens is 1050 g/mol. The van der Waals surface area contributed by atoms with Crippen molar-refractivity contribution >= 4 is 43.6 Å².